The quantitative estimate of drug-likeness (QED) is 0.695. The Morgan fingerprint density at radius 1 is 1.12 bits per heavy atom. The number of carbonyl (C=O) groups excluding carboxylic acids is 2. The summed E-state index contributed by atoms with van der Waals surface area (Å²) in [6.45, 7) is 2.52. The standard InChI is InChI=1S/C18H17N3O2S2/c1-12-2-4-13(5-3-12)9-19-16(22)8-15-11-25-18(20-15)21-17(23)14-6-7-24-10-14/h2-7,10-11H,8-9H2,1H3,(H,19,22)(H,20,21,23). The van der Waals surface area contributed by atoms with E-state index in [2.05, 4.69) is 15.6 Å². The SMILES string of the molecule is Cc1ccc(CNC(=O)Cc2csc(NC(=O)c3ccsc3)n2)cc1. The number of nitrogens with one attached hydrogen (secondary N) is 2. The van der Waals surface area contributed by atoms with Gasteiger partial charge in [0.2, 0.25) is 5.91 Å². The van der Waals surface area contributed by atoms with Crippen molar-refractivity contribution >= 4 is 39.6 Å². The first-order chi connectivity index (χ1) is 12.1. The second-order valence-electron chi connectivity index (χ2n) is 5.55. The predicted octanol–water partition coefficient (Wildman–Crippen LogP) is 3.62. The Morgan fingerprint density at radius 3 is 2.64 bits per heavy atom. The summed E-state index contributed by atoms with van der Waals surface area (Å²) in [7, 11) is 0. The summed E-state index contributed by atoms with van der Waals surface area (Å²) in [6.07, 6.45) is 0.191. The van der Waals surface area contributed by atoms with E-state index in [-0.39, 0.29) is 18.2 Å². The van der Waals surface area contributed by atoms with Crippen LogP contribution >= 0.6 is 22.7 Å². The molecule has 0 aliphatic rings. The summed E-state index contributed by atoms with van der Waals surface area (Å²) in [5.41, 5.74) is 3.50. The van der Waals surface area contributed by atoms with Crippen molar-refractivity contribution < 1.29 is 9.59 Å². The van der Waals surface area contributed by atoms with Gasteiger partial charge in [-0.25, -0.2) is 4.98 Å². The van der Waals surface area contributed by atoms with Gasteiger partial charge < -0.3 is 5.32 Å². The Labute approximate surface area is 153 Å². The molecule has 1 aromatic carbocycles. The molecule has 25 heavy (non-hydrogen) atoms. The molecule has 7 heteroatoms. The highest BCUT2D eigenvalue weighted by atomic mass is 32.1. The number of hydrogen-bond donors (Lipinski definition) is 2. The van der Waals surface area contributed by atoms with E-state index in [1.165, 1.54) is 28.2 Å². The van der Waals surface area contributed by atoms with Crippen LogP contribution in [0.3, 0.4) is 0 Å². The van der Waals surface area contributed by atoms with Crippen molar-refractivity contribution in [1.29, 1.82) is 0 Å². The molecular formula is C18H17N3O2S2. The van der Waals surface area contributed by atoms with Gasteiger partial charge in [0.15, 0.2) is 5.13 Å². The lowest BCUT2D eigenvalue weighted by Gasteiger charge is -2.04. The molecule has 0 aliphatic carbocycles. The Kier molecular flexibility index (Phi) is 5.57. The largest absolute Gasteiger partial charge is 0.352 e. The van der Waals surface area contributed by atoms with Crippen molar-refractivity contribution in [3.8, 4) is 0 Å². The van der Waals surface area contributed by atoms with E-state index in [1.807, 2.05) is 36.6 Å². The van der Waals surface area contributed by atoms with Crippen LogP contribution in [0, 0.1) is 6.92 Å². The number of nitrogens with zero attached hydrogens (tertiary/aromatic N) is 1. The lowest BCUT2D eigenvalue weighted by molar-refractivity contribution is -0.120. The van der Waals surface area contributed by atoms with Crippen molar-refractivity contribution in [1.82, 2.24) is 10.3 Å². The number of hydrogen-bond acceptors (Lipinski definition) is 5. The third kappa shape index (κ3) is 4.98. The third-order valence-corrected chi connectivity index (χ3v) is 5.00. The second-order valence-corrected chi connectivity index (χ2v) is 7.19. The highest BCUT2D eigenvalue weighted by Crippen LogP contribution is 2.17. The molecule has 0 spiro atoms. The van der Waals surface area contributed by atoms with Crippen molar-refractivity contribution in [2.24, 2.45) is 0 Å². The van der Waals surface area contributed by atoms with Crippen molar-refractivity contribution in [3.05, 3.63) is 68.9 Å². The minimum Gasteiger partial charge on any atom is -0.352 e. The average molecular weight is 371 g/mol. The fraction of sp³-hybridized carbons (Fsp3) is 0.167. The molecule has 0 unspecified atom stereocenters. The van der Waals surface area contributed by atoms with Crippen molar-refractivity contribution in [2.45, 2.75) is 19.9 Å². The van der Waals surface area contributed by atoms with E-state index >= 15 is 0 Å². The average Bonchev–Trinajstić information content (AvgIpc) is 3.26. The number of thiazole rings is 1. The fourth-order valence-corrected chi connectivity index (χ4v) is 3.48. The molecule has 0 radical (unpaired) electrons. The van der Waals surface area contributed by atoms with Crippen LogP contribution in [0.15, 0.2) is 46.5 Å². The summed E-state index contributed by atoms with van der Waals surface area (Å²) in [5.74, 6) is -0.285. The molecule has 2 heterocycles. The summed E-state index contributed by atoms with van der Waals surface area (Å²) in [5, 5.41) is 11.5. The van der Waals surface area contributed by atoms with E-state index in [1.54, 1.807) is 16.8 Å². The van der Waals surface area contributed by atoms with E-state index in [0.29, 0.717) is 22.9 Å². The zero-order valence-electron chi connectivity index (χ0n) is 13.6. The molecule has 2 amide bonds. The van der Waals surface area contributed by atoms with Gasteiger partial charge in [-0.2, -0.15) is 11.3 Å². The molecule has 0 saturated carbocycles. The molecule has 2 aromatic heterocycles. The van der Waals surface area contributed by atoms with Crippen molar-refractivity contribution in [2.75, 3.05) is 5.32 Å². The number of thiophene rings is 1. The highest BCUT2D eigenvalue weighted by Gasteiger charge is 2.11. The van der Waals surface area contributed by atoms with Crippen molar-refractivity contribution in [3.63, 3.8) is 0 Å². The van der Waals surface area contributed by atoms with Crippen LogP contribution < -0.4 is 10.6 Å². The summed E-state index contributed by atoms with van der Waals surface area (Å²) < 4.78 is 0. The monoisotopic (exact) mass is 371 g/mol. The molecule has 128 valence electrons. The van der Waals surface area contributed by atoms with E-state index < -0.39 is 0 Å². The highest BCUT2D eigenvalue weighted by molar-refractivity contribution is 7.14. The van der Waals surface area contributed by atoms with E-state index in [0.717, 1.165) is 5.56 Å². The number of benzene rings is 1. The van der Waals surface area contributed by atoms with Gasteiger partial charge in [-0.1, -0.05) is 29.8 Å². The number of anilines is 1. The fourth-order valence-electron chi connectivity index (χ4n) is 2.14. The van der Waals surface area contributed by atoms with Gasteiger partial charge in [0.1, 0.15) is 0 Å². The second kappa shape index (κ2) is 8.04. The van der Waals surface area contributed by atoms with Crippen LogP contribution in [-0.2, 0) is 17.8 Å². The van der Waals surface area contributed by atoms with Crippen LogP contribution in [0.25, 0.3) is 0 Å². The molecule has 0 saturated heterocycles. The smallest absolute Gasteiger partial charge is 0.258 e. The molecule has 0 fully saturated rings. The van der Waals surface area contributed by atoms with Gasteiger partial charge in [-0.3, -0.25) is 14.9 Å². The van der Waals surface area contributed by atoms with Gasteiger partial charge in [0.25, 0.3) is 5.91 Å². The first-order valence-electron chi connectivity index (χ1n) is 7.70. The molecule has 2 N–H and O–H groups in total. The molecule has 3 rings (SSSR count). The topological polar surface area (TPSA) is 71.1 Å². The Balaban J connectivity index is 1.49. The zero-order chi connectivity index (χ0) is 17.6. The molecule has 0 aliphatic heterocycles. The minimum atomic E-state index is -0.189. The summed E-state index contributed by atoms with van der Waals surface area (Å²) >= 11 is 2.78. The first kappa shape index (κ1) is 17.3. The minimum absolute atomic E-state index is 0.0958. The van der Waals surface area contributed by atoms with Crippen LogP contribution in [0.4, 0.5) is 5.13 Å². The number of carbonyl (C=O) groups is 2. The van der Waals surface area contributed by atoms with E-state index in [4.69, 9.17) is 0 Å². The molecular weight excluding hydrogens is 354 g/mol. The summed E-state index contributed by atoms with van der Waals surface area (Å²) in [6, 6.07) is 9.79. The molecule has 0 atom stereocenters. The van der Waals surface area contributed by atoms with Gasteiger partial charge in [-0.15, -0.1) is 11.3 Å². The number of rotatable bonds is 6. The molecule has 0 bridgehead atoms. The number of aromatic nitrogens is 1. The maximum absolute atomic E-state index is 12.0. The molecule has 5 nitrogen and oxygen atoms in total. The van der Waals surface area contributed by atoms with Crippen LogP contribution in [0.1, 0.15) is 27.2 Å². The molecule has 3 aromatic rings. The number of amides is 2. The van der Waals surface area contributed by atoms with Gasteiger partial charge in [0, 0.05) is 17.3 Å². The summed E-state index contributed by atoms with van der Waals surface area (Å²) in [4.78, 5) is 28.3. The lowest BCUT2D eigenvalue weighted by atomic mass is 10.1. The Morgan fingerprint density at radius 2 is 1.92 bits per heavy atom. The van der Waals surface area contributed by atoms with Gasteiger partial charge >= 0.3 is 0 Å². The Bertz CT molecular complexity index is 855. The van der Waals surface area contributed by atoms with E-state index in [9.17, 15) is 9.59 Å². The maximum Gasteiger partial charge on any atom is 0.258 e. The van der Waals surface area contributed by atoms with Gasteiger partial charge in [-0.05, 0) is 23.9 Å². The van der Waals surface area contributed by atoms with Gasteiger partial charge in [0.05, 0.1) is 17.7 Å². The van der Waals surface area contributed by atoms with Crippen LogP contribution in [0.5, 0.6) is 0 Å². The normalized spacial score (nSPS) is 10.4. The zero-order valence-corrected chi connectivity index (χ0v) is 15.2. The number of aryl methyl sites for hydroxylation is 1. The Hall–Kier alpha value is -2.51. The first-order valence-corrected chi connectivity index (χ1v) is 9.52. The predicted molar refractivity (Wildman–Crippen MR) is 101 cm³/mol. The maximum atomic E-state index is 12.0. The third-order valence-electron chi connectivity index (χ3n) is 3.51. The van der Waals surface area contributed by atoms with Crippen LogP contribution in [0.2, 0.25) is 0 Å². The lowest BCUT2D eigenvalue weighted by Crippen LogP contribution is -2.24. The van der Waals surface area contributed by atoms with Crippen LogP contribution in [-0.4, -0.2) is 16.8 Å².